The molecular formula is C21H18ClN5O2. The number of aromatic nitrogens is 4. The van der Waals surface area contributed by atoms with Crippen molar-refractivity contribution in [2.24, 2.45) is 0 Å². The van der Waals surface area contributed by atoms with Gasteiger partial charge < -0.3 is 10.1 Å². The molecule has 0 aliphatic heterocycles. The van der Waals surface area contributed by atoms with Gasteiger partial charge in [-0.15, -0.1) is 15.3 Å². The van der Waals surface area contributed by atoms with Gasteiger partial charge in [0.05, 0.1) is 13.0 Å². The van der Waals surface area contributed by atoms with Crippen LogP contribution in [0.25, 0.3) is 17.0 Å². The third-order valence-corrected chi connectivity index (χ3v) is 4.62. The minimum Gasteiger partial charge on any atom is -0.475 e. The van der Waals surface area contributed by atoms with Crippen LogP contribution in [0, 0.1) is 0 Å². The van der Waals surface area contributed by atoms with Crippen LogP contribution in [0.5, 0.6) is 5.88 Å². The molecule has 0 spiro atoms. The van der Waals surface area contributed by atoms with Gasteiger partial charge in [0.15, 0.2) is 11.5 Å². The van der Waals surface area contributed by atoms with Gasteiger partial charge in [-0.3, -0.25) is 4.79 Å². The van der Waals surface area contributed by atoms with Gasteiger partial charge >= 0.3 is 0 Å². The van der Waals surface area contributed by atoms with Crippen molar-refractivity contribution in [2.45, 2.75) is 6.42 Å². The Morgan fingerprint density at radius 3 is 2.62 bits per heavy atom. The minimum atomic E-state index is -0.115. The predicted molar refractivity (Wildman–Crippen MR) is 110 cm³/mol. The number of carbonyl (C=O) groups excluding carboxylic acids is 1. The fraction of sp³-hybridized carbons (Fsp3) is 0.143. The van der Waals surface area contributed by atoms with Crippen molar-refractivity contribution in [3.8, 4) is 17.3 Å². The lowest BCUT2D eigenvalue weighted by molar-refractivity contribution is -0.120. The summed E-state index contributed by atoms with van der Waals surface area (Å²) in [6, 6.07) is 20.5. The van der Waals surface area contributed by atoms with Crippen LogP contribution in [0.4, 0.5) is 0 Å². The number of carbonyl (C=O) groups is 1. The van der Waals surface area contributed by atoms with Gasteiger partial charge in [0.1, 0.15) is 6.61 Å². The highest BCUT2D eigenvalue weighted by molar-refractivity contribution is 6.31. The van der Waals surface area contributed by atoms with E-state index in [0.717, 1.165) is 11.1 Å². The predicted octanol–water partition coefficient (Wildman–Crippen LogP) is 3.18. The first-order valence-electron chi connectivity index (χ1n) is 9.11. The Labute approximate surface area is 172 Å². The standard InChI is InChI=1S/C21H18ClN5O2/c22-17-9-5-4-8-16(17)14-19(28)23-12-13-29-20-11-10-18-24-25-21(27(18)26-20)15-6-2-1-3-7-15/h1-11H,12-14H2,(H,23,28). The molecule has 2 aromatic carbocycles. The quantitative estimate of drug-likeness (QED) is 0.476. The molecule has 0 bridgehead atoms. The Hall–Kier alpha value is -3.45. The Bertz CT molecular complexity index is 1130. The summed E-state index contributed by atoms with van der Waals surface area (Å²) < 4.78 is 7.31. The summed E-state index contributed by atoms with van der Waals surface area (Å²) in [5, 5.41) is 16.2. The van der Waals surface area contributed by atoms with E-state index in [0.29, 0.717) is 28.9 Å². The number of fused-ring (bicyclic) bond motifs is 1. The molecule has 0 aliphatic rings. The lowest BCUT2D eigenvalue weighted by Crippen LogP contribution is -2.29. The molecule has 4 aromatic rings. The number of ether oxygens (including phenoxy) is 1. The van der Waals surface area contributed by atoms with Gasteiger partial charge in [0.2, 0.25) is 11.8 Å². The normalized spacial score (nSPS) is 10.8. The molecule has 0 radical (unpaired) electrons. The molecule has 0 saturated carbocycles. The van der Waals surface area contributed by atoms with Gasteiger partial charge in [-0.05, 0) is 17.7 Å². The van der Waals surface area contributed by atoms with Crippen LogP contribution in [-0.2, 0) is 11.2 Å². The summed E-state index contributed by atoms with van der Waals surface area (Å²) >= 11 is 6.08. The topological polar surface area (TPSA) is 81.4 Å². The average Bonchev–Trinajstić information content (AvgIpc) is 3.17. The first-order chi connectivity index (χ1) is 14.2. The third kappa shape index (κ3) is 4.52. The number of benzene rings is 2. The summed E-state index contributed by atoms with van der Waals surface area (Å²) in [5.41, 5.74) is 2.33. The van der Waals surface area contributed by atoms with E-state index in [2.05, 4.69) is 20.6 Å². The zero-order valence-corrected chi connectivity index (χ0v) is 16.2. The number of nitrogens with one attached hydrogen (secondary N) is 1. The zero-order valence-electron chi connectivity index (χ0n) is 15.5. The van der Waals surface area contributed by atoms with Crippen LogP contribution >= 0.6 is 11.6 Å². The molecule has 0 fully saturated rings. The number of rotatable bonds is 7. The third-order valence-electron chi connectivity index (χ3n) is 4.25. The molecule has 7 nitrogen and oxygen atoms in total. The van der Waals surface area contributed by atoms with Crippen molar-refractivity contribution >= 4 is 23.2 Å². The average molecular weight is 408 g/mol. The molecule has 146 valence electrons. The second-order valence-electron chi connectivity index (χ2n) is 6.30. The highest BCUT2D eigenvalue weighted by Crippen LogP contribution is 2.18. The van der Waals surface area contributed by atoms with Crippen LogP contribution < -0.4 is 10.1 Å². The second kappa shape index (κ2) is 8.70. The maximum absolute atomic E-state index is 12.1. The van der Waals surface area contributed by atoms with Crippen LogP contribution in [0.15, 0.2) is 66.7 Å². The zero-order chi connectivity index (χ0) is 20.1. The molecule has 4 rings (SSSR count). The molecule has 2 heterocycles. The molecule has 8 heteroatoms. The summed E-state index contributed by atoms with van der Waals surface area (Å²) in [6.45, 7) is 0.645. The number of hydrogen-bond donors (Lipinski definition) is 1. The number of halogens is 1. The van der Waals surface area contributed by atoms with Crippen molar-refractivity contribution < 1.29 is 9.53 Å². The highest BCUT2D eigenvalue weighted by Gasteiger charge is 2.10. The Kier molecular flexibility index (Phi) is 5.67. The summed E-state index contributed by atoms with van der Waals surface area (Å²) in [6.07, 6.45) is 0.227. The lowest BCUT2D eigenvalue weighted by atomic mass is 10.1. The van der Waals surface area contributed by atoms with Gasteiger partial charge in [0, 0.05) is 16.7 Å². The maximum atomic E-state index is 12.1. The van der Waals surface area contributed by atoms with E-state index in [1.54, 1.807) is 22.7 Å². The first-order valence-corrected chi connectivity index (χ1v) is 9.49. The molecule has 0 aliphatic carbocycles. The summed E-state index contributed by atoms with van der Waals surface area (Å²) in [5.74, 6) is 0.948. The monoisotopic (exact) mass is 407 g/mol. The van der Waals surface area contributed by atoms with Crippen molar-refractivity contribution in [1.29, 1.82) is 0 Å². The van der Waals surface area contributed by atoms with Crippen LogP contribution in [-0.4, -0.2) is 38.9 Å². The number of amides is 1. The first kappa shape index (κ1) is 18.9. The van der Waals surface area contributed by atoms with Crippen molar-refractivity contribution in [3.63, 3.8) is 0 Å². The van der Waals surface area contributed by atoms with E-state index >= 15 is 0 Å². The van der Waals surface area contributed by atoms with E-state index in [9.17, 15) is 4.79 Å². The summed E-state index contributed by atoms with van der Waals surface area (Å²) in [4.78, 5) is 12.1. The SMILES string of the molecule is O=C(Cc1ccccc1Cl)NCCOc1ccc2nnc(-c3ccccc3)n2n1. The second-order valence-corrected chi connectivity index (χ2v) is 6.71. The van der Waals surface area contributed by atoms with Crippen molar-refractivity contribution in [3.05, 3.63) is 77.3 Å². The summed E-state index contributed by atoms with van der Waals surface area (Å²) in [7, 11) is 0. The molecule has 1 amide bonds. The number of hydrogen-bond acceptors (Lipinski definition) is 5. The molecular weight excluding hydrogens is 390 g/mol. The number of nitrogens with zero attached hydrogens (tertiary/aromatic N) is 4. The Morgan fingerprint density at radius 2 is 1.79 bits per heavy atom. The van der Waals surface area contributed by atoms with E-state index in [1.807, 2.05) is 48.5 Å². The van der Waals surface area contributed by atoms with Crippen molar-refractivity contribution in [2.75, 3.05) is 13.2 Å². The molecule has 2 aromatic heterocycles. The van der Waals surface area contributed by atoms with Gasteiger partial charge in [-0.1, -0.05) is 60.1 Å². The Morgan fingerprint density at radius 1 is 1.00 bits per heavy atom. The maximum Gasteiger partial charge on any atom is 0.231 e. The van der Waals surface area contributed by atoms with Crippen LogP contribution in [0.1, 0.15) is 5.56 Å². The minimum absolute atomic E-state index is 0.115. The Balaban J connectivity index is 1.34. The van der Waals surface area contributed by atoms with E-state index in [-0.39, 0.29) is 18.9 Å². The van der Waals surface area contributed by atoms with Crippen LogP contribution in [0.2, 0.25) is 5.02 Å². The fourth-order valence-electron chi connectivity index (χ4n) is 2.84. The van der Waals surface area contributed by atoms with E-state index in [4.69, 9.17) is 16.3 Å². The smallest absolute Gasteiger partial charge is 0.231 e. The van der Waals surface area contributed by atoms with Crippen molar-refractivity contribution in [1.82, 2.24) is 25.1 Å². The van der Waals surface area contributed by atoms with Gasteiger partial charge in [-0.2, -0.15) is 4.52 Å². The molecule has 0 saturated heterocycles. The van der Waals surface area contributed by atoms with Gasteiger partial charge in [-0.25, -0.2) is 0 Å². The van der Waals surface area contributed by atoms with E-state index in [1.165, 1.54) is 0 Å². The molecule has 0 unspecified atom stereocenters. The fourth-order valence-corrected chi connectivity index (χ4v) is 3.04. The molecule has 1 N–H and O–H groups in total. The van der Waals surface area contributed by atoms with Gasteiger partial charge in [0.25, 0.3) is 0 Å². The van der Waals surface area contributed by atoms with Crippen LogP contribution in [0.3, 0.4) is 0 Å². The lowest BCUT2D eigenvalue weighted by Gasteiger charge is -2.08. The van der Waals surface area contributed by atoms with E-state index < -0.39 is 0 Å². The molecule has 0 atom stereocenters. The molecule has 29 heavy (non-hydrogen) atoms. The highest BCUT2D eigenvalue weighted by atomic mass is 35.5. The largest absolute Gasteiger partial charge is 0.475 e.